The maximum atomic E-state index is 13.1. The number of halogens is 3. The summed E-state index contributed by atoms with van der Waals surface area (Å²) in [7, 11) is 2.15. The minimum Gasteiger partial charge on any atom is -0.382 e. The highest BCUT2D eigenvalue weighted by Gasteiger charge is 2.30. The van der Waals surface area contributed by atoms with Gasteiger partial charge in [-0.05, 0) is 75.4 Å². The Hall–Kier alpha value is -3.06. The molecule has 0 amide bonds. The lowest BCUT2D eigenvalue weighted by molar-refractivity contribution is -0.137. The zero-order valence-electron chi connectivity index (χ0n) is 17.1. The monoisotopic (exact) mass is 424 g/mol. The number of benzene rings is 2. The van der Waals surface area contributed by atoms with Crippen molar-refractivity contribution in [2.24, 2.45) is 0 Å². The van der Waals surface area contributed by atoms with E-state index in [0.29, 0.717) is 17.3 Å². The predicted octanol–water partition coefficient (Wildman–Crippen LogP) is 5.91. The van der Waals surface area contributed by atoms with Crippen LogP contribution in [0.2, 0.25) is 0 Å². The first kappa shape index (κ1) is 19.9. The molecule has 0 aliphatic carbocycles. The minimum atomic E-state index is -4.38. The topological polar surface area (TPSA) is 44.0 Å². The van der Waals surface area contributed by atoms with Gasteiger partial charge in [-0.3, -0.25) is 0 Å². The van der Waals surface area contributed by atoms with E-state index >= 15 is 0 Å². The molecule has 7 heteroatoms. The Labute approximate surface area is 178 Å². The molecule has 0 atom stereocenters. The predicted molar refractivity (Wildman–Crippen MR) is 118 cm³/mol. The molecule has 0 saturated carbocycles. The van der Waals surface area contributed by atoms with E-state index in [1.54, 1.807) is 12.1 Å². The molecule has 0 bridgehead atoms. The first-order valence-corrected chi connectivity index (χ1v) is 10.4. The molecule has 2 aromatic heterocycles. The molecule has 3 heterocycles. The third-order valence-electron chi connectivity index (χ3n) is 6.01. The van der Waals surface area contributed by atoms with Crippen molar-refractivity contribution in [3.05, 3.63) is 60.2 Å². The van der Waals surface area contributed by atoms with Gasteiger partial charge in [0.15, 0.2) is 0 Å². The van der Waals surface area contributed by atoms with Crippen LogP contribution < -0.4 is 5.32 Å². The minimum absolute atomic E-state index is 0.451. The Bertz CT molecular complexity index is 1240. The van der Waals surface area contributed by atoms with Gasteiger partial charge < -0.3 is 15.2 Å². The summed E-state index contributed by atoms with van der Waals surface area (Å²) >= 11 is 0. The fraction of sp³-hybridized carbons (Fsp3) is 0.292. The second-order valence-corrected chi connectivity index (χ2v) is 8.28. The highest BCUT2D eigenvalue weighted by Crippen LogP contribution is 2.33. The largest absolute Gasteiger partial charge is 0.416 e. The number of anilines is 1. The summed E-state index contributed by atoms with van der Waals surface area (Å²) in [6.45, 7) is 2.18. The number of H-pyrrole nitrogens is 1. The first-order valence-electron chi connectivity index (χ1n) is 10.4. The van der Waals surface area contributed by atoms with Gasteiger partial charge in [-0.15, -0.1) is 0 Å². The van der Waals surface area contributed by atoms with Gasteiger partial charge in [0.05, 0.1) is 27.8 Å². The van der Waals surface area contributed by atoms with Crippen LogP contribution in [0.25, 0.3) is 33.2 Å². The third kappa shape index (κ3) is 3.97. The molecule has 5 rings (SSSR count). The lowest BCUT2D eigenvalue weighted by Crippen LogP contribution is -2.36. The second kappa shape index (κ2) is 7.57. The van der Waals surface area contributed by atoms with Crippen molar-refractivity contribution in [1.29, 1.82) is 0 Å². The highest BCUT2D eigenvalue weighted by molar-refractivity contribution is 6.06. The highest BCUT2D eigenvalue weighted by atomic mass is 19.4. The average Bonchev–Trinajstić information content (AvgIpc) is 3.12. The summed E-state index contributed by atoms with van der Waals surface area (Å²) in [4.78, 5) is 10.4. The zero-order valence-corrected chi connectivity index (χ0v) is 17.1. The normalized spacial score (nSPS) is 16.3. The van der Waals surface area contributed by atoms with Gasteiger partial charge in [-0.25, -0.2) is 4.98 Å². The van der Waals surface area contributed by atoms with Crippen LogP contribution in [0.3, 0.4) is 0 Å². The van der Waals surface area contributed by atoms with E-state index in [9.17, 15) is 13.2 Å². The summed E-state index contributed by atoms with van der Waals surface area (Å²) in [5.74, 6) is 0. The van der Waals surface area contributed by atoms with Gasteiger partial charge in [0.1, 0.15) is 0 Å². The number of hydrogen-bond acceptors (Lipinski definition) is 3. The zero-order chi connectivity index (χ0) is 21.6. The SMILES string of the molecule is CN1CCC(Nc2ccc3c(c2)[nH]c2ccc(-c4cccc(C(F)(F)F)c4)nc23)CC1. The molecule has 2 aromatic carbocycles. The molecule has 160 valence electrons. The summed E-state index contributed by atoms with van der Waals surface area (Å²) in [5.41, 5.74) is 3.95. The molecule has 4 nitrogen and oxygen atoms in total. The van der Waals surface area contributed by atoms with E-state index in [0.717, 1.165) is 65.7 Å². The van der Waals surface area contributed by atoms with Crippen molar-refractivity contribution in [2.75, 3.05) is 25.5 Å². The Morgan fingerprint density at radius 1 is 1.00 bits per heavy atom. The molecular formula is C24H23F3N4. The Kier molecular flexibility index (Phi) is 4.85. The number of likely N-dealkylation sites (tertiary alicyclic amines) is 1. The Morgan fingerprint density at radius 3 is 2.58 bits per heavy atom. The van der Waals surface area contributed by atoms with Crippen molar-refractivity contribution in [1.82, 2.24) is 14.9 Å². The van der Waals surface area contributed by atoms with Crippen LogP contribution in [0.4, 0.5) is 18.9 Å². The Balaban J connectivity index is 1.47. The number of aromatic nitrogens is 2. The molecule has 1 saturated heterocycles. The lowest BCUT2D eigenvalue weighted by atomic mass is 10.0. The molecule has 2 N–H and O–H groups in total. The van der Waals surface area contributed by atoms with E-state index in [1.165, 1.54) is 6.07 Å². The third-order valence-corrected chi connectivity index (χ3v) is 6.01. The van der Waals surface area contributed by atoms with Crippen molar-refractivity contribution in [3.63, 3.8) is 0 Å². The van der Waals surface area contributed by atoms with E-state index in [1.807, 2.05) is 18.2 Å². The summed E-state index contributed by atoms with van der Waals surface area (Å²) in [6, 6.07) is 15.5. The number of rotatable bonds is 3. The fourth-order valence-corrected chi connectivity index (χ4v) is 4.26. The average molecular weight is 424 g/mol. The number of aromatic amines is 1. The van der Waals surface area contributed by atoms with Crippen LogP contribution in [0, 0.1) is 0 Å². The number of alkyl halides is 3. The number of fused-ring (bicyclic) bond motifs is 3. The van der Waals surface area contributed by atoms with Gasteiger partial charge in [0.25, 0.3) is 0 Å². The molecule has 0 spiro atoms. The van der Waals surface area contributed by atoms with Gasteiger partial charge in [-0.1, -0.05) is 12.1 Å². The van der Waals surface area contributed by atoms with Gasteiger partial charge in [-0.2, -0.15) is 13.2 Å². The molecule has 1 fully saturated rings. The number of nitrogens with one attached hydrogen (secondary N) is 2. The number of nitrogens with zero attached hydrogens (tertiary/aromatic N) is 2. The van der Waals surface area contributed by atoms with Crippen molar-refractivity contribution >= 4 is 27.6 Å². The molecular weight excluding hydrogens is 401 g/mol. The first-order chi connectivity index (χ1) is 14.9. The Morgan fingerprint density at radius 2 is 1.81 bits per heavy atom. The number of pyridine rings is 1. The van der Waals surface area contributed by atoms with Gasteiger partial charge in [0, 0.05) is 22.7 Å². The summed E-state index contributed by atoms with van der Waals surface area (Å²) in [6.07, 6.45) is -2.15. The fourth-order valence-electron chi connectivity index (χ4n) is 4.26. The molecule has 4 aromatic rings. The molecule has 1 aliphatic rings. The van der Waals surface area contributed by atoms with Gasteiger partial charge >= 0.3 is 6.18 Å². The van der Waals surface area contributed by atoms with Crippen LogP contribution in [0.5, 0.6) is 0 Å². The molecule has 0 unspecified atom stereocenters. The van der Waals surface area contributed by atoms with Crippen LogP contribution >= 0.6 is 0 Å². The van der Waals surface area contributed by atoms with E-state index in [4.69, 9.17) is 0 Å². The number of hydrogen-bond donors (Lipinski definition) is 2. The molecule has 31 heavy (non-hydrogen) atoms. The molecule has 1 aliphatic heterocycles. The van der Waals surface area contributed by atoms with Crippen LogP contribution in [-0.2, 0) is 6.18 Å². The summed E-state index contributed by atoms with van der Waals surface area (Å²) in [5, 5.41) is 4.58. The standard InChI is InChI=1S/C24H23F3N4/c1-31-11-9-17(10-12-31)28-18-5-6-19-22(14-18)29-21-8-7-20(30-23(19)21)15-3-2-4-16(13-15)24(25,26)27/h2-8,13-14,17,28-29H,9-12H2,1H3. The maximum absolute atomic E-state index is 13.1. The van der Waals surface area contributed by atoms with E-state index in [2.05, 4.69) is 33.3 Å². The summed E-state index contributed by atoms with van der Waals surface area (Å²) < 4.78 is 39.3. The smallest absolute Gasteiger partial charge is 0.382 e. The van der Waals surface area contributed by atoms with Crippen LogP contribution in [-0.4, -0.2) is 41.0 Å². The van der Waals surface area contributed by atoms with Crippen LogP contribution in [0.15, 0.2) is 54.6 Å². The van der Waals surface area contributed by atoms with Gasteiger partial charge in [0.2, 0.25) is 0 Å². The maximum Gasteiger partial charge on any atom is 0.416 e. The lowest BCUT2D eigenvalue weighted by Gasteiger charge is -2.30. The van der Waals surface area contributed by atoms with Crippen molar-refractivity contribution in [2.45, 2.75) is 25.1 Å². The quantitative estimate of drug-likeness (QED) is 0.430. The van der Waals surface area contributed by atoms with Crippen molar-refractivity contribution in [3.8, 4) is 11.3 Å². The molecule has 0 radical (unpaired) electrons. The van der Waals surface area contributed by atoms with E-state index < -0.39 is 11.7 Å². The van der Waals surface area contributed by atoms with Crippen molar-refractivity contribution < 1.29 is 13.2 Å². The van der Waals surface area contributed by atoms with Crippen LogP contribution in [0.1, 0.15) is 18.4 Å². The van der Waals surface area contributed by atoms with E-state index in [-0.39, 0.29) is 0 Å². The number of piperidine rings is 1. The second-order valence-electron chi connectivity index (χ2n) is 8.28.